The number of likely N-dealkylation sites (N-methyl/N-ethyl adjacent to an activating group) is 1. The van der Waals surface area contributed by atoms with Crippen molar-refractivity contribution in [3.05, 3.63) is 60.3 Å². The van der Waals surface area contributed by atoms with Gasteiger partial charge in [-0.05, 0) is 18.2 Å². The Kier molecular flexibility index (Phi) is 4.89. The van der Waals surface area contributed by atoms with E-state index in [0.29, 0.717) is 30.2 Å². The molecule has 7 heteroatoms. The fourth-order valence-corrected chi connectivity index (χ4v) is 3.12. The van der Waals surface area contributed by atoms with E-state index >= 15 is 0 Å². The smallest absolute Gasteiger partial charge is 0.340 e. The Bertz CT molecular complexity index is 1010. The van der Waals surface area contributed by atoms with E-state index in [0.717, 1.165) is 10.9 Å². The summed E-state index contributed by atoms with van der Waals surface area (Å²) in [6, 6.07) is 14.8. The maximum absolute atomic E-state index is 12.3. The molecule has 1 aliphatic rings. The zero-order chi connectivity index (χ0) is 19.5. The number of carbonyl (C=O) groups is 2. The Labute approximate surface area is 161 Å². The van der Waals surface area contributed by atoms with Crippen molar-refractivity contribution in [2.45, 2.75) is 6.10 Å². The molecule has 1 N–H and O–H groups in total. The second-order valence-electron chi connectivity index (χ2n) is 6.60. The van der Waals surface area contributed by atoms with Crippen LogP contribution in [-0.4, -0.2) is 54.7 Å². The molecule has 1 aliphatic heterocycles. The Morgan fingerprint density at radius 3 is 2.75 bits per heavy atom. The van der Waals surface area contributed by atoms with Gasteiger partial charge in [-0.25, -0.2) is 4.79 Å². The zero-order valence-corrected chi connectivity index (χ0v) is 15.4. The molecule has 144 valence electrons. The van der Waals surface area contributed by atoms with Gasteiger partial charge in [0.1, 0.15) is 6.61 Å². The number of para-hydroxylation sites is 3. The standard InChI is InChI=1S/C21H20N2O5/c1-23(11-14-12-26-18-8-4-5-9-19(18)28-14)20(24)13-27-21(25)16-10-22-17-7-3-2-6-15(16)17/h2-10,14,22H,11-13H2,1H3. The van der Waals surface area contributed by atoms with E-state index in [9.17, 15) is 9.59 Å². The molecule has 28 heavy (non-hydrogen) atoms. The summed E-state index contributed by atoms with van der Waals surface area (Å²) in [5.41, 5.74) is 1.25. The van der Waals surface area contributed by atoms with Gasteiger partial charge in [-0.15, -0.1) is 0 Å². The zero-order valence-electron chi connectivity index (χ0n) is 15.4. The fourth-order valence-electron chi connectivity index (χ4n) is 3.12. The second-order valence-corrected chi connectivity index (χ2v) is 6.60. The van der Waals surface area contributed by atoms with Crippen LogP contribution in [0.1, 0.15) is 10.4 Å². The third-order valence-electron chi connectivity index (χ3n) is 4.61. The van der Waals surface area contributed by atoms with Crippen LogP contribution in [0.15, 0.2) is 54.7 Å². The Morgan fingerprint density at radius 1 is 1.14 bits per heavy atom. The van der Waals surface area contributed by atoms with Crippen LogP contribution >= 0.6 is 0 Å². The number of hydrogen-bond donors (Lipinski definition) is 1. The monoisotopic (exact) mass is 380 g/mol. The van der Waals surface area contributed by atoms with Gasteiger partial charge in [0.05, 0.1) is 12.1 Å². The molecule has 1 unspecified atom stereocenters. The van der Waals surface area contributed by atoms with E-state index in [1.807, 2.05) is 48.5 Å². The number of esters is 1. The lowest BCUT2D eigenvalue weighted by molar-refractivity contribution is -0.134. The van der Waals surface area contributed by atoms with Gasteiger partial charge in [-0.2, -0.15) is 0 Å². The van der Waals surface area contributed by atoms with Crippen LogP contribution in [0.3, 0.4) is 0 Å². The number of carbonyl (C=O) groups excluding carboxylic acids is 2. The first-order valence-corrected chi connectivity index (χ1v) is 8.97. The van der Waals surface area contributed by atoms with Crippen LogP contribution in [0.4, 0.5) is 0 Å². The molecule has 0 radical (unpaired) electrons. The first-order valence-electron chi connectivity index (χ1n) is 8.97. The predicted octanol–water partition coefficient (Wildman–Crippen LogP) is 2.62. The molecule has 2 aromatic carbocycles. The summed E-state index contributed by atoms with van der Waals surface area (Å²) in [7, 11) is 1.64. The second kappa shape index (κ2) is 7.64. The number of aromatic nitrogens is 1. The first-order chi connectivity index (χ1) is 13.6. The molecule has 3 aromatic rings. The lowest BCUT2D eigenvalue weighted by Gasteiger charge is -2.29. The summed E-state index contributed by atoms with van der Waals surface area (Å²) in [5.74, 6) is 0.506. The highest BCUT2D eigenvalue weighted by Gasteiger charge is 2.24. The van der Waals surface area contributed by atoms with E-state index in [1.54, 1.807) is 13.2 Å². The number of nitrogens with zero attached hydrogens (tertiary/aromatic N) is 1. The Morgan fingerprint density at radius 2 is 1.89 bits per heavy atom. The lowest BCUT2D eigenvalue weighted by atomic mass is 10.2. The Balaban J connectivity index is 1.31. The van der Waals surface area contributed by atoms with Crippen LogP contribution in [0.25, 0.3) is 10.9 Å². The van der Waals surface area contributed by atoms with Gasteiger partial charge >= 0.3 is 5.97 Å². The number of amides is 1. The topological polar surface area (TPSA) is 80.9 Å². The summed E-state index contributed by atoms with van der Waals surface area (Å²) in [6.07, 6.45) is 1.31. The lowest BCUT2D eigenvalue weighted by Crippen LogP contribution is -2.43. The number of hydrogen-bond acceptors (Lipinski definition) is 5. The number of ether oxygens (including phenoxy) is 3. The number of fused-ring (bicyclic) bond motifs is 2. The van der Waals surface area contributed by atoms with Gasteiger partial charge in [0.2, 0.25) is 0 Å². The van der Waals surface area contributed by atoms with Crippen molar-refractivity contribution in [1.29, 1.82) is 0 Å². The van der Waals surface area contributed by atoms with Crippen molar-refractivity contribution in [1.82, 2.24) is 9.88 Å². The van der Waals surface area contributed by atoms with Crippen LogP contribution in [-0.2, 0) is 9.53 Å². The van der Waals surface area contributed by atoms with Gasteiger partial charge in [0.25, 0.3) is 5.91 Å². The quantitative estimate of drug-likeness (QED) is 0.688. The normalized spacial score (nSPS) is 15.2. The largest absolute Gasteiger partial charge is 0.486 e. The van der Waals surface area contributed by atoms with E-state index in [1.165, 1.54) is 4.90 Å². The summed E-state index contributed by atoms with van der Waals surface area (Å²) >= 11 is 0. The first kappa shape index (κ1) is 17.9. The minimum atomic E-state index is -0.537. The van der Waals surface area contributed by atoms with Gasteiger partial charge in [0.15, 0.2) is 24.2 Å². The van der Waals surface area contributed by atoms with Crippen molar-refractivity contribution < 1.29 is 23.8 Å². The molecule has 0 aliphatic carbocycles. The molecule has 4 rings (SSSR count). The van der Waals surface area contributed by atoms with E-state index in [-0.39, 0.29) is 18.6 Å². The number of rotatable bonds is 5. The highest BCUT2D eigenvalue weighted by Crippen LogP contribution is 2.30. The van der Waals surface area contributed by atoms with E-state index in [2.05, 4.69) is 4.98 Å². The average Bonchev–Trinajstić information content (AvgIpc) is 3.16. The van der Waals surface area contributed by atoms with Crippen molar-refractivity contribution in [2.24, 2.45) is 0 Å². The molecule has 0 saturated carbocycles. The third-order valence-corrected chi connectivity index (χ3v) is 4.61. The summed E-state index contributed by atoms with van der Waals surface area (Å²) in [5, 5.41) is 0.764. The molecule has 7 nitrogen and oxygen atoms in total. The minimum absolute atomic E-state index is 0.284. The van der Waals surface area contributed by atoms with Crippen molar-refractivity contribution in [3.63, 3.8) is 0 Å². The van der Waals surface area contributed by atoms with Gasteiger partial charge in [-0.3, -0.25) is 4.79 Å². The van der Waals surface area contributed by atoms with Crippen LogP contribution < -0.4 is 9.47 Å². The summed E-state index contributed by atoms with van der Waals surface area (Å²) < 4.78 is 16.7. The number of aromatic amines is 1. The number of benzene rings is 2. The molecule has 0 saturated heterocycles. The fraction of sp³-hybridized carbons (Fsp3) is 0.238. The van der Waals surface area contributed by atoms with Crippen LogP contribution in [0.5, 0.6) is 11.5 Å². The SMILES string of the molecule is CN(CC1COc2ccccc2O1)C(=O)COC(=O)c1c[nH]c2ccccc12. The molecule has 1 atom stereocenters. The van der Waals surface area contributed by atoms with Crippen LogP contribution in [0, 0.1) is 0 Å². The van der Waals surface area contributed by atoms with Gasteiger partial charge in [-0.1, -0.05) is 30.3 Å². The highest BCUT2D eigenvalue weighted by molar-refractivity contribution is 6.04. The molecular weight excluding hydrogens is 360 g/mol. The van der Waals surface area contributed by atoms with Gasteiger partial charge < -0.3 is 24.1 Å². The van der Waals surface area contributed by atoms with E-state index < -0.39 is 5.97 Å². The Hall–Kier alpha value is -3.48. The van der Waals surface area contributed by atoms with Gasteiger partial charge in [0, 0.05) is 24.1 Å². The number of nitrogens with one attached hydrogen (secondary N) is 1. The maximum Gasteiger partial charge on any atom is 0.340 e. The molecule has 2 heterocycles. The summed E-state index contributed by atoms with van der Waals surface area (Å²) in [6.45, 7) is 0.348. The molecule has 1 amide bonds. The number of H-pyrrole nitrogens is 1. The molecule has 0 bridgehead atoms. The van der Waals surface area contributed by atoms with Crippen molar-refractivity contribution in [3.8, 4) is 11.5 Å². The minimum Gasteiger partial charge on any atom is -0.486 e. The average molecular weight is 380 g/mol. The molecule has 1 aromatic heterocycles. The molecule has 0 spiro atoms. The summed E-state index contributed by atoms with van der Waals surface area (Å²) in [4.78, 5) is 29.2. The van der Waals surface area contributed by atoms with Crippen molar-refractivity contribution >= 4 is 22.8 Å². The molecule has 0 fully saturated rings. The van der Waals surface area contributed by atoms with Crippen LogP contribution in [0.2, 0.25) is 0 Å². The van der Waals surface area contributed by atoms with Crippen molar-refractivity contribution in [2.75, 3.05) is 26.8 Å². The predicted molar refractivity (Wildman–Crippen MR) is 103 cm³/mol. The van der Waals surface area contributed by atoms with E-state index in [4.69, 9.17) is 14.2 Å². The maximum atomic E-state index is 12.3. The molecular formula is C21H20N2O5. The highest BCUT2D eigenvalue weighted by atomic mass is 16.6. The third kappa shape index (κ3) is 3.64.